The molecule has 0 spiro atoms. The number of aliphatic imine (C=N–C) groups is 1. The van der Waals surface area contributed by atoms with Gasteiger partial charge in [-0.3, -0.25) is 4.99 Å². The van der Waals surface area contributed by atoms with Crippen molar-refractivity contribution in [3.05, 3.63) is 54.5 Å². The largest absolute Gasteiger partial charge is 0.353 e. The molecule has 0 aliphatic carbocycles. The van der Waals surface area contributed by atoms with Gasteiger partial charge in [0, 0.05) is 37.9 Å². The van der Waals surface area contributed by atoms with E-state index >= 15 is 0 Å². The lowest BCUT2D eigenvalue weighted by atomic mass is 10.2. The molecule has 1 aliphatic heterocycles. The molecule has 32 heavy (non-hydrogen) atoms. The first-order valence-electron chi connectivity index (χ1n) is 10.6. The van der Waals surface area contributed by atoms with Crippen LogP contribution >= 0.6 is 24.0 Å². The van der Waals surface area contributed by atoms with Gasteiger partial charge in [-0.1, -0.05) is 25.1 Å². The number of sulfone groups is 1. The lowest BCUT2D eigenvalue weighted by Crippen LogP contribution is -2.50. The number of rotatable bonds is 8. The van der Waals surface area contributed by atoms with Crippen molar-refractivity contribution in [3.63, 3.8) is 0 Å². The van der Waals surface area contributed by atoms with Gasteiger partial charge in [-0.25, -0.2) is 17.8 Å². The van der Waals surface area contributed by atoms with Gasteiger partial charge in [0.15, 0.2) is 27.4 Å². The number of hydrogen-bond donors (Lipinski definition) is 2. The van der Waals surface area contributed by atoms with E-state index < -0.39 is 9.84 Å². The average molecular weight is 575 g/mol. The molecular weight excluding hydrogens is 544 g/mol. The molecule has 0 saturated carbocycles. The summed E-state index contributed by atoms with van der Waals surface area (Å²) in [6.07, 6.45) is 3.02. The van der Waals surface area contributed by atoms with E-state index in [2.05, 4.69) is 20.6 Å². The molecule has 0 bridgehead atoms. The van der Waals surface area contributed by atoms with Crippen molar-refractivity contribution in [2.75, 3.05) is 30.3 Å². The molecule has 1 saturated heterocycles. The second-order valence-electron chi connectivity index (χ2n) is 7.55. The van der Waals surface area contributed by atoms with Crippen LogP contribution in [0.3, 0.4) is 0 Å². The normalized spacial score (nSPS) is 17.5. The Balaban J connectivity index is 0.00000363. The summed E-state index contributed by atoms with van der Waals surface area (Å²) in [5, 5.41) is 6.65. The van der Waals surface area contributed by atoms with E-state index in [4.69, 9.17) is 0 Å². The maximum atomic E-state index is 14.0. The van der Waals surface area contributed by atoms with E-state index in [1.165, 1.54) is 6.07 Å². The highest BCUT2D eigenvalue weighted by molar-refractivity contribution is 14.0. The summed E-state index contributed by atoms with van der Waals surface area (Å²) in [4.78, 5) is 10.9. The van der Waals surface area contributed by atoms with Crippen LogP contribution < -0.4 is 15.5 Å². The van der Waals surface area contributed by atoms with Crippen LogP contribution in [0.15, 0.2) is 58.5 Å². The van der Waals surface area contributed by atoms with E-state index in [1.807, 2.05) is 18.7 Å². The van der Waals surface area contributed by atoms with E-state index in [-0.39, 0.29) is 47.6 Å². The van der Waals surface area contributed by atoms with Gasteiger partial charge in [0.05, 0.1) is 10.6 Å². The Kier molecular flexibility index (Phi) is 10.1. The van der Waals surface area contributed by atoms with Gasteiger partial charge in [-0.05, 0) is 44.0 Å². The van der Waals surface area contributed by atoms with Crippen molar-refractivity contribution in [2.24, 2.45) is 4.99 Å². The van der Waals surface area contributed by atoms with Crippen LogP contribution in [0.25, 0.3) is 0 Å². The van der Waals surface area contributed by atoms with Gasteiger partial charge in [-0.2, -0.15) is 0 Å². The predicted molar refractivity (Wildman–Crippen MR) is 137 cm³/mol. The van der Waals surface area contributed by atoms with Crippen molar-refractivity contribution < 1.29 is 12.8 Å². The first kappa shape index (κ1) is 26.3. The maximum absolute atomic E-state index is 14.0. The van der Waals surface area contributed by atoms with Gasteiger partial charge in [0.2, 0.25) is 0 Å². The van der Waals surface area contributed by atoms with Crippen LogP contribution in [-0.4, -0.2) is 56.8 Å². The Bertz CT molecular complexity index is 991. The number of nitrogens with zero attached hydrogens (tertiary/aromatic N) is 3. The Morgan fingerprint density at radius 1 is 1.25 bits per heavy atom. The number of nitrogens with one attached hydrogen (secondary N) is 2. The van der Waals surface area contributed by atoms with Crippen LogP contribution in [0, 0.1) is 5.82 Å². The third kappa shape index (κ3) is 7.03. The molecule has 0 amide bonds. The fourth-order valence-electron chi connectivity index (χ4n) is 3.61. The van der Waals surface area contributed by atoms with Crippen LogP contribution in [0.2, 0.25) is 0 Å². The summed E-state index contributed by atoms with van der Waals surface area (Å²) in [6.45, 7) is 5.71. The van der Waals surface area contributed by atoms with E-state index in [1.54, 1.807) is 42.6 Å². The third-order valence-electron chi connectivity index (χ3n) is 5.24. The van der Waals surface area contributed by atoms with Crippen LogP contribution in [0.1, 0.15) is 26.7 Å². The fourth-order valence-corrected chi connectivity index (χ4v) is 5.22. The summed E-state index contributed by atoms with van der Waals surface area (Å²) in [5.41, 5.74) is 0. The molecule has 2 unspecified atom stereocenters. The maximum Gasteiger partial charge on any atom is 0.191 e. The molecule has 1 aliphatic rings. The highest BCUT2D eigenvalue weighted by Crippen LogP contribution is 2.20. The highest BCUT2D eigenvalue weighted by atomic mass is 127. The van der Waals surface area contributed by atoms with Gasteiger partial charge in [0.25, 0.3) is 0 Å². The van der Waals surface area contributed by atoms with Crippen molar-refractivity contribution in [1.29, 1.82) is 0 Å². The van der Waals surface area contributed by atoms with E-state index in [0.29, 0.717) is 42.7 Å². The van der Waals surface area contributed by atoms with E-state index in [0.717, 1.165) is 6.42 Å². The van der Waals surface area contributed by atoms with Gasteiger partial charge in [-0.15, -0.1) is 24.0 Å². The summed E-state index contributed by atoms with van der Waals surface area (Å²) in [5.74, 6) is 0.578. The minimum Gasteiger partial charge on any atom is -0.353 e. The first-order valence-corrected chi connectivity index (χ1v) is 12.3. The summed E-state index contributed by atoms with van der Waals surface area (Å²) in [6, 6.07) is 11.2. The SMILES string of the molecule is CCN=C(NC1CCN(c2ncccc2F)C1)NC(CC)CS(=O)(=O)c1ccccc1.I. The summed E-state index contributed by atoms with van der Waals surface area (Å²) < 4.78 is 39.6. The van der Waals surface area contributed by atoms with Crippen LogP contribution in [-0.2, 0) is 9.84 Å². The molecule has 1 fully saturated rings. The Hall–Kier alpha value is -1.95. The second kappa shape index (κ2) is 12.3. The number of halogens is 2. The molecule has 1 aromatic carbocycles. The van der Waals surface area contributed by atoms with Crippen molar-refractivity contribution in [2.45, 2.75) is 43.7 Å². The van der Waals surface area contributed by atoms with Crippen LogP contribution in [0.5, 0.6) is 0 Å². The molecule has 3 rings (SSSR count). The smallest absolute Gasteiger partial charge is 0.191 e. The quantitative estimate of drug-likeness (QED) is 0.286. The van der Waals surface area contributed by atoms with Crippen molar-refractivity contribution in [1.82, 2.24) is 15.6 Å². The van der Waals surface area contributed by atoms with Gasteiger partial charge in [0.1, 0.15) is 0 Å². The number of pyridine rings is 1. The molecule has 10 heteroatoms. The molecule has 1 aromatic heterocycles. The molecular formula is C22H31FIN5O2S. The topological polar surface area (TPSA) is 86.7 Å². The number of hydrogen-bond acceptors (Lipinski definition) is 5. The minimum atomic E-state index is -3.41. The zero-order chi connectivity index (χ0) is 22.3. The first-order chi connectivity index (χ1) is 14.9. The molecule has 2 atom stereocenters. The number of anilines is 1. The van der Waals surface area contributed by atoms with E-state index in [9.17, 15) is 12.8 Å². The molecule has 0 radical (unpaired) electrons. The lowest BCUT2D eigenvalue weighted by Gasteiger charge is -2.23. The number of guanidine groups is 1. The lowest BCUT2D eigenvalue weighted by molar-refractivity contribution is 0.562. The summed E-state index contributed by atoms with van der Waals surface area (Å²) >= 11 is 0. The highest BCUT2D eigenvalue weighted by Gasteiger charge is 2.27. The Morgan fingerprint density at radius 2 is 2.00 bits per heavy atom. The number of benzene rings is 1. The van der Waals surface area contributed by atoms with Crippen molar-refractivity contribution in [3.8, 4) is 0 Å². The molecule has 2 heterocycles. The Morgan fingerprint density at radius 3 is 2.66 bits per heavy atom. The molecule has 2 N–H and O–H groups in total. The molecule has 2 aromatic rings. The second-order valence-corrected chi connectivity index (χ2v) is 9.59. The Labute approximate surface area is 206 Å². The minimum absolute atomic E-state index is 0. The summed E-state index contributed by atoms with van der Waals surface area (Å²) in [7, 11) is -3.41. The number of aromatic nitrogens is 1. The monoisotopic (exact) mass is 575 g/mol. The van der Waals surface area contributed by atoms with Gasteiger partial charge >= 0.3 is 0 Å². The zero-order valence-corrected chi connectivity index (χ0v) is 21.5. The molecule has 7 nitrogen and oxygen atoms in total. The predicted octanol–water partition coefficient (Wildman–Crippen LogP) is 3.23. The molecule has 176 valence electrons. The van der Waals surface area contributed by atoms with Gasteiger partial charge < -0.3 is 15.5 Å². The zero-order valence-electron chi connectivity index (χ0n) is 18.4. The van der Waals surface area contributed by atoms with Crippen molar-refractivity contribution >= 4 is 45.6 Å². The standard InChI is InChI=1S/C22H30FN5O2S.HI/c1-3-17(16-31(29,30)19-9-6-5-7-10-19)26-22(24-4-2)27-18-12-14-28(15-18)21-20(23)11-8-13-25-21;/h5-11,13,17-18H,3-4,12,14-16H2,1-2H3,(H2,24,26,27);1H. The van der Waals surface area contributed by atoms with Crippen LogP contribution in [0.4, 0.5) is 10.2 Å². The third-order valence-corrected chi connectivity index (χ3v) is 7.07. The average Bonchev–Trinajstić information content (AvgIpc) is 3.22. The fraction of sp³-hybridized carbons (Fsp3) is 0.455.